The first-order chi connectivity index (χ1) is 22.5. The van der Waals surface area contributed by atoms with Crippen molar-refractivity contribution in [1.29, 1.82) is 0 Å². The number of amides is 3. The van der Waals surface area contributed by atoms with Gasteiger partial charge in [0.2, 0.25) is 0 Å². The molecule has 9 nitrogen and oxygen atoms in total. The van der Waals surface area contributed by atoms with Crippen LogP contribution in [-0.2, 0) is 4.74 Å². The number of furan rings is 1. The van der Waals surface area contributed by atoms with Crippen molar-refractivity contribution in [3.63, 3.8) is 0 Å². The number of phenolic OH excluding ortho intramolecular Hbond substituents is 1. The number of phenols is 1. The largest absolute Gasteiger partial charge is 0.507 e. The van der Waals surface area contributed by atoms with Crippen LogP contribution in [0.2, 0.25) is 0 Å². The lowest BCUT2D eigenvalue weighted by Gasteiger charge is -2.19. The monoisotopic (exact) mass is 667 g/mol. The van der Waals surface area contributed by atoms with Gasteiger partial charge in [0.25, 0.3) is 11.8 Å². The number of benzene rings is 4. The molecule has 2 aromatic heterocycles. The first-order valence-electron chi connectivity index (χ1n) is 15.0. The van der Waals surface area contributed by atoms with E-state index in [0.717, 1.165) is 21.0 Å². The van der Waals surface area contributed by atoms with Gasteiger partial charge in [-0.2, -0.15) is 0 Å². The number of hydrogen-bond acceptors (Lipinski definition) is 7. The molecule has 11 heteroatoms. The number of nitrogens with one attached hydrogen (secondary N) is 2. The summed E-state index contributed by atoms with van der Waals surface area (Å²) in [6, 6.07) is 23.1. The molecule has 0 aliphatic carbocycles. The minimum absolute atomic E-state index is 0.0916. The van der Waals surface area contributed by atoms with Gasteiger partial charge in [0.05, 0.1) is 10.6 Å². The van der Waals surface area contributed by atoms with Crippen LogP contribution >= 0.6 is 22.9 Å². The lowest BCUT2D eigenvalue weighted by atomic mass is 9.95. The fourth-order valence-corrected chi connectivity index (χ4v) is 7.14. The molecular formula is C36H30ClN3O6S. The number of nitrogens with zero attached hydrogens (tertiary/aromatic N) is 1. The zero-order valence-corrected chi connectivity index (χ0v) is 27.3. The van der Waals surface area contributed by atoms with E-state index in [0.29, 0.717) is 50.7 Å². The molecule has 7 rings (SSSR count). The highest BCUT2D eigenvalue weighted by atomic mass is 35.5. The fourth-order valence-electron chi connectivity index (χ4n) is 5.95. The van der Waals surface area contributed by atoms with Gasteiger partial charge >= 0.3 is 6.09 Å². The fraction of sp³-hybridized carbons (Fsp3) is 0.194. The quantitative estimate of drug-likeness (QED) is 0.158. The van der Waals surface area contributed by atoms with Crippen LogP contribution in [0.4, 0.5) is 21.9 Å². The molecule has 0 spiro atoms. The molecule has 238 valence electrons. The Balaban J connectivity index is 1.10. The van der Waals surface area contributed by atoms with Crippen molar-refractivity contribution in [3.8, 4) is 5.75 Å². The van der Waals surface area contributed by atoms with Crippen molar-refractivity contribution in [1.82, 2.24) is 0 Å². The highest BCUT2D eigenvalue weighted by Gasteiger charge is 2.36. The molecule has 0 bridgehead atoms. The number of rotatable bonds is 5. The topological polar surface area (TPSA) is 121 Å². The molecule has 4 aromatic carbocycles. The van der Waals surface area contributed by atoms with Crippen LogP contribution < -0.4 is 15.5 Å². The minimum Gasteiger partial charge on any atom is -0.507 e. The summed E-state index contributed by atoms with van der Waals surface area (Å²) in [7, 11) is 0. The van der Waals surface area contributed by atoms with Gasteiger partial charge in [-0.15, -0.1) is 22.9 Å². The number of thiophene rings is 1. The van der Waals surface area contributed by atoms with Crippen LogP contribution in [0, 0.1) is 0 Å². The van der Waals surface area contributed by atoms with Crippen molar-refractivity contribution >= 4 is 89.7 Å². The zero-order valence-electron chi connectivity index (χ0n) is 25.7. The number of carbonyl (C=O) groups excluding carboxylic acids is 3. The molecule has 6 aromatic rings. The minimum atomic E-state index is -0.618. The normalized spacial score (nSPS) is 14.5. The van der Waals surface area contributed by atoms with E-state index in [1.165, 1.54) is 11.3 Å². The molecule has 0 unspecified atom stereocenters. The number of hydrogen-bond donors (Lipinski definition) is 3. The Hall–Kier alpha value is -5.06. The number of aromatic hydroxyl groups is 1. The molecule has 3 heterocycles. The molecule has 1 atom stereocenters. The van der Waals surface area contributed by atoms with Gasteiger partial charge in [-0.25, -0.2) is 4.79 Å². The van der Waals surface area contributed by atoms with Crippen LogP contribution in [0.25, 0.3) is 31.8 Å². The summed E-state index contributed by atoms with van der Waals surface area (Å²) in [5.41, 5.74) is 2.52. The van der Waals surface area contributed by atoms with Crippen LogP contribution in [0.3, 0.4) is 0 Å². The smallest absolute Gasteiger partial charge is 0.412 e. The molecule has 1 aliphatic heterocycles. The summed E-state index contributed by atoms with van der Waals surface area (Å²) >= 11 is 7.68. The number of alkyl halides is 1. The molecule has 0 saturated heterocycles. The van der Waals surface area contributed by atoms with Gasteiger partial charge in [-0.05, 0) is 85.6 Å². The lowest BCUT2D eigenvalue weighted by Crippen LogP contribution is -2.29. The number of fused-ring (bicyclic) bond motifs is 5. The second kappa shape index (κ2) is 11.6. The standard InChI is InChI=1S/C36H30ClN3O6S/c1-36(2,3)46-35(44)39-23-9-11-30-20(13-23)15-31(47-30)33(42)38-22-8-10-28-19(12-22)14-29(45-28)34(43)40-18-21(17-37)32-25-7-5-4-6-24(25)27(41)16-26(32)40/h4-16,21,41H,17-18H2,1-3H3,(H,38,42)(H,39,44)/t21-/m1/s1. The Bertz CT molecular complexity index is 2230. The van der Waals surface area contributed by atoms with Gasteiger partial charge in [0, 0.05) is 51.3 Å². The van der Waals surface area contributed by atoms with Crippen LogP contribution in [0.1, 0.15) is 52.5 Å². The molecule has 3 amide bonds. The van der Waals surface area contributed by atoms with E-state index in [9.17, 15) is 19.5 Å². The average molecular weight is 668 g/mol. The molecule has 0 saturated carbocycles. The number of ether oxygens (including phenoxy) is 1. The molecule has 3 N–H and O–H groups in total. The van der Waals surface area contributed by atoms with E-state index >= 15 is 0 Å². The van der Waals surface area contributed by atoms with E-state index in [1.807, 2.05) is 30.3 Å². The van der Waals surface area contributed by atoms with Gasteiger partial charge < -0.3 is 24.5 Å². The summed E-state index contributed by atoms with van der Waals surface area (Å²) in [4.78, 5) is 41.3. The summed E-state index contributed by atoms with van der Waals surface area (Å²) in [5.74, 6) is -0.194. The van der Waals surface area contributed by atoms with Crippen molar-refractivity contribution in [2.24, 2.45) is 0 Å². The van der Waals surface area contributed by atoms with Crippen molar-refractivity contribution in [3.05, 3.63) is 95.1 Å². The summed E-state index contributed by atoms with van der Waals surface area (Å²) in [6.07, 6.45) is -0.554. The number of anilines is 3. The predicted octanol–water partition coefficient (Wildman–Crippen LogP) is 9.09. The second-order valence-corrected chi connectivity index (χ2v) is 13.8. The Morgan fingerprint density at radius 3 is 2.45 bits per heavy atom. The Kier molecular flexibility index (Phi) is 7.57. The molecule has 47 heavy (non-hydrogen) atoms. The lowest BCUT2D eigenvalue weighted by molar-refractivity contribution is 0.0635. The highest BCUT2D eigenvalue weighted by Crippen LogP contribution is 2.46. The maximum atomic E-state index is 13.8. The average Bonchev–Trinajstić information content (AvgIpc) is 3.74. The third kappa shape index (κ3) is 5.86. The second-order valence-electron chi connectivity index (χ2n) is 12.4. The maximum absolute atomic E-state index is 13.8. The Morgan fingerprint density at radius 1 is 0.957 bits per heavy atom. The van der Waals surface area contributed by atoms with Gasteiger partial charge in [0.15, 0.2) is 5.76 Å². The first kappa shape index (κ1) is 30.6. The third-order valence-electron chi connectivity index (χ3n) is 7.95. The molecule has 0 radical (unpaired) electrons. The molecular weight excluding hydrogens is 638 g/mol. The molecule has 1 aliphatic rings. The summed E-state index contributed by atoms with van der Waals surface area (Å²) < 4.78 is 12.2. The molecule has 0 fully saturated rings. The van der Waals surface area contributed by atoms with Gasteiger partial charge in [-0.1, -0.05) is 24.3 Å². The third-order valence-corrected chi connectivity index (χ3v) is 9.43. The maximum Gasteiger partial charge on any atom is 0.412 e. The summed E-state index contributed by atoms with van der Waals surface area (Å²) in [6.45, 7) is 5.74. The van der Waals surface area contributed by atoms with E-state index in [2.05, 4.69) is 10.6 Å². The number of carbonyl (C=O) groups is 3. The Morgan fingerprint density at radius 2 is 1.68 bits per heavy atom. The van der Waals surface area contributed by atoms with E-state index in [-0.39, 0.29) is 29.2 Å². The zero-order chi connectivity index (χ0) is 33.0. The van der Waals surface area contributed by atoms with Crippen molar-refractivity contribution < 1.29 is 28.6 Å². The Labute approximate surface area is 278 Å². The highest BCUT2D eigenvalue weighted by molar-refractivity contribution is 7.20. The summed E-state index contributed by atoms with van der Waals surface area (Å²) in [5, 5.41) is 19.4. The van der Waals surface area contributed by atoms with Crippen LogP contribution in [0.15, 0.2) is 83.3 Å². The van der Waals surface area contributed by atoms with Crippen molar-refractivity contribution in [2.75, 3.05) is 28.0 Å². The van der Waals surface area contributed by atoms with E-state index < -0.39 is 11.7 Å². The van der Waals surface area contributed by atoms with Gasteiger partial charge in [0.1, 0.15) is 16.9 Å². The first-order valence-corrected chi connectivity index (χ1v) is 16.3. The SMILES string of the molecule is CC(C)(C)OC(=O)Nc1ccc2sc(C(=O)Nc3ccc4oc(C(=O)N5C[C@@H](CCl)c6c5cc(O)c5ccccc65)cc4c3)cc2c1. The predicted molar refractivity (Wildman–Crippen MR) is 187 cm³/mol. The van der Waals surface area contributed by atoms with Crippen LogP contribution in [0.5, 0.6) is 5.75 Å². The number of halogens is 1. The van der Waals surface area contributed by atoms with E-state index in [4.69, 9.17) is 20.8 Å². The van der Waals surface area contributed by atoms with Crippen molar-refractivity contribution in [2.45, 2.75) is 32.3 Å². The van der Waals surface area contributed by atoms with E-state index in [1.54, 1.807) is 74.2 Å². The van der Waals surface area contributed by atoms with Gasteiger partial charge in [-0.3, -0.25) is 14.9 Å². The van der Waals surface area contributed by atoms with Crippen LogP contribution in [-0.4, -0.2) is 41.0 Å².